The highest BCUT2D eigenvalue weighted by molar-refractivity contribution is 5.69. The highest BCUT2D eigenvalue weighted by atomic mass is 16.8. The molecule has 0 bridgehead atoms. The average Bonchev–Trinajstić information content (AvgIpc) is 2.94. The Balaban J connectivity index is 2.00. The molecule has 0 spiro atoms. The molecule has 128 valence electrons. The van der Waals surface area contributed by atoms with Crippen molar-refractivity contribution >= 4 is 5.97 Å². The van der Waals surface area contributed by atoms with Crippen molar-refractivity contribution in [2.24, 2.45) is 0 Å². The van der Waals surface area contributed by atoms with Crippen LogP contribution in [0.1, 0.15) is 40.5 Å². The van der Waals surface area contributed by atoms with Crippen molar-refractivity contribution in [2.45, 2.75) is 76.5 Å². The van der Waals surface area contributed by atoms with E-state index in [1.54, 1.807) is 27.7 Å². The predicted molar refractivity (Wildman–Crippen MR) is 76.0 cm³/mol. The van der Waals surface area contributed by atoms with Crippen LogP contribution < -0.4 is 0 Å². The first kappa shape index (κ1) is 17.6. The first-order valence-electron chi connectivity index (χ1n) is 7.56. The number of hydrogen-bond donors (Lipinski definition) is 1. The summed E-state index contributed by atoms with van der Waals surface area (Å²) in [4.78, 5) is 11.3. The van der Waals surface area contributed by atoms with Crippen molar-refractivity contribution < 1.29 is 33.6 Å². The molecule has 7 nitrogen and oxygen atoms in total. The zero-order valence-electron chi connectivity index (χ0n) is 13.8. The van der Waals surface area contributed by atoms with Crippen LogP contribution in [0.2, 0.25) is 0 Å². The zero-order valence-corrected chi connectivity index (χ0v) is 13.8. The molecule has 22 heavy (non-hydrogen) atoms. The highest BCUT2D eigenvalue weighted by Crippen LogP contribution is 2.35. The molecule has 0 aromatic carbocycles. The molecule has 1 N–H and O–H groups in total. The minimum Gasteiger partial charge on any atom is -0.469 e. The number of esters is 1. The van der Waals surface area contributed by atoms with Gasteiger partial charge in [0.15, 0.2) is 11.6 Å². The van der Waals surface area contributed by atoms with Crippen LogP contribution in [0.15, 0.2) is 0 Å². The summed E-state index contributed by atoms with van der Waals surface area (Å²) in [5.74, 6) is -1.85. The van der Waals surface area contributed by atoms with E-state index in [4.69, 9.17) is 18.9 Å². The molecule has 2 aliphatic heterocycles. The Morgan fingerprint density at radius 3 is 2.45 bits per heavy atom. The van der Waals surface area contributed by atoms with Crippen LogP contribution in [0.4, 0.5) is 0 Å². The largest absolute Gasteiger partial charge is 0.469 e. The fourth-order valence-corrected chi connectivity index (χ4v) is 2.83. The van der Waals surface area contributed by atoms with Gasteiger partial charge in [0.05, 0.1) is 19.8 Å². The first-order valence-corrected chi connectivity index (χ1v) is 7.56. The van der Waals surface area contributed by atoms with E-state index in [-0.39, 0.29) is 19.0 Å². The molecule has 2 aliphatic rings. The second kappa shape index (κ2) is 6.41. The minimum atomic E-state index is -0.897. The molecule has 0 radical (unpaired) electrons. The van der Waals surface area contributed by atoms with Gasteiger partial charge in [-0.3, -0.25) is 4.79 Å². The summed E-state index contributed by atoms with van der Waals surface area (Å²) in [6, 6.07) is 0. The number of ether oxygens (including phenoxy) is 5. The lowest BCUT2D eigenvalue weighted by atomic mass is 10.00. The summed E-state index contributed by atoms with van der Waals surface area (Å²) < 4.78 is 27.4. The Kier molecular flexibility index (Phi) is 5.13. The summed E-state index contributed by atoms with van der Waals surface area (Å²) in [6.45, 7) is 7.44. The molecule has 0 aromatic heterocycles. The summed E-state index contributed by atoms with van der Waals surface area (Å²) in [6.07, 6.45) is -1.76. The van der Waals surface area contributed by atoms with Crippen molar-refractivity contribution in [1.29, 1.82) is 0 Å². The monoisotopic (exact) mass is 318 g/mol. The molecule has 4 atom stereocenters. The van der Waals surface area contributed by atoms with Crippen molar-refractivity contribution in [3.05, 3.63) is 0 Å². The van der Waals surface area contributed by atoms with Gasteiger partial charge in [-0.15, -0.1) is 0 Å². The van der Waals surface area contributed by atoms with Gasteiger partial charge in [0.2, 0.25) is 0 Å². The van der Waals surface area contributed by atoms with Crippen molar-refractivity contribution in [1.82, 2.24) is 0 Å². The van der Waals surface area contributed by atoms with Crippen LogP contribution in [-0.4, -0.2) is 60.8 Å². The first-order chi connectivity index (χ1) is 10.1. The Bertz CT molecular complexity index is 407. The van der Waals surface area contributed by atoms with E-state index in [2.05, 4.69) is 4.74 Å². The number of carbonyl (C=O) groups excluding carboxylic acids is 1. The number of rotatable bonds is 5. The lowest BCUT2D eigenvalue weighted by Crippen LogP contribution is -2.45. The summed E-state index contributed by atoms with van der Waals surface area (Å²) in [5.41, 5.74) is 0. The molecule has 2 fully saturated rings. The number of carbonyl (C=O) groups is 1. The molecule has 2 saturated heterocycles. The summed E-state index contributed by atoms with van der Waals surface area (Å²) >= 11 is 0. The minimum absolute atomic E-state index is 0.206. The summed E-state index contributed by atoms with van der Waals surface area (Å²) in [5, 5.41) is 10.6. The van der Waals surface area contributed by atoms with Gasteiger partial charge in [-0.05, 0) is 34.1 Å². The maximum absolute atomic E-state index is 11.3. The Labute approximate surface area is 130 Å². The molecule has 0 saturated carbocycles. The number of aliphatic hydroxyl groups excluding tert-OH is 1. The number of aliphatic hydroxyl groups is 1. The van der Waals surface area contributed by atoms with E-state index >= 15 is 0 Å². The van der Waals surface area contributed by atoms with Crippen molar-refractivity contribution in [3.8, 4) is 0 Å². The van der Waals surface area contributed by atoms with Gasteiger partial charge in [0, 0.05) is 6.42 Å². The maximum Gasteiger partial charge on any atom is 0.305 e. The molecule has 0 aliphatic carbocycles. The Hall–Kier alpha value is -0.730. The fraction of sp³-hybridized carbons (Fsp3) is 0.933. The Morgan fingerprint density at radius 1 is 1.23 bits per heavy atom. The molecule has 7 heteroatoms. The van der Waals surface area contributed by atoms with Crippen LogP contribution in [0.5, 0.6) is 0 Å². The molecule has 0 aromatic rings. The molecule has 0 amide bonds. The molecular formula is C15H26O7. The van der Waals surface area contributed by atoms with Crippen molar-refractivity contribution in [2.75, 3.05) is 13.7 Å². The van der Waals surface area contributed by atoms with Gasteiger partial charge < -0.3 is 28.8 Å². The quantitative estimate of drug-likeness (QED) is 0.756. The fourth-order valence-electron chi connectivity index (χ4n) is 2.83. The summed E-state index contributed by atoms with van der Waals surface area (Å²) in [7, 11) is 1.34. The van der Waals surface area contributed by atoms with E-state index in [9.17, 15) is 9.90 Å². The second-order valence-electron chi connectivity index (χ2n) is 6.61. The van der Waals surface area contributed by atoms with Crippen molar-refractivity contribution in [3.63, 3.8) is 0 Å². The smallest absolute Gasteiger partial charge is 0.305 e. The van der Waals surface area contributed by atoms with Crippen LogP contribution in [-0.2, 0) is 28.5 Å². The van der Waals surface area contributed by atoms with E-state index in [0.29, 0.717) is 6.42 Å². The van der Waals surface area contributed by atoms with Crippen LogP contribution in [0.25, 0.3) is 0 Å². The highest BCUT2D eigenvalue weighted by Gasteiger charge is 2.49. The predicted octanol–water partition coefficient (Wildman–Crippen LogP) is 0.972. The van der Waals surface area contributed by atoms with E-state index in [1.165, 1.54) is 7.11 Å². The normalized spacial score (nSPS) is 34.5. The van der Waals surface area contributed by atoms with Crippen LogP contribution >= 0.6 is 0 Å². The third kappa shape index (κ3) is 4.17. The van der Waals surface area contributed by atoms with Gasteiger partial charge in [-0.1, -0.05) is 0 Å². The topological polar surface area (TPSA) is 83.5 Å². The van der Waals surface area contributed by atoms with Crippen LogP contribution in [0.3, 0.4) is 0 Å². The molecule has 2 heterocycles. The van der Waals surface area contributed by atoms with Gasteiger partial charge in [-0.2, -0.15) is 0 Å². The van der Waals surface area contributed by atoms with Crippen LogP contribution in [0, 0.1) is 0 Å². The lowest BCUT2D eigenvalue weighted by molar-refractivity contribution is -0.178. The average molecular weight is 318 g/mol. The second-order valence-corrected chi connectivity index (χ2v) is 6.61. The van der Waals surface area contributed by atoms with Gasteiger partial charge in [0.25, 0.3) is 0 Å². The lowest BCUT2D eigenvalue weighted by Gasteiger charge is -2.27. The van der Waals surface area contributed by atoms with E-state index in [1.807, 2.05) is 0 Å². The number of methoxy groups -OCH3 is 1. The third-order valence-corrected chi connectivity index (χ3v) is 3.83. The zero-order chi connectivity index (χ0) is 16.5. The van der Waals surface area contributed by atoms with Gasteiger partial charge in [-0.25, -0.2) is 0 Å². The molecule has 2 rings (SSSR count). The van der Waals surface area contributed by atoms with Gasteiger partial charge >= 0.3 is 5.97 Å². The SMILES string of the molecule is COC(=O)CC[C@@H]1OC(C)(C)O[C@H]1[C@H](O)[C@H]1COC(C)(C)O1. The molecule has 0 unspecified atom stereocenters. The molecular weight excluding hydrogens is 292 g/mol. The van der Waals surface area contributed by atoms with Gasteiger partial charge in [0.1, 0.15) is 18.3 Å². The standard InChI is InChI=1S/C15H26O7/c1-14(2)19-8-10(21-14)12(17)13-9(6-7-11(16)18-5)20-15(3,4)22-13/h9-10,12-13,17H,6-8H2,1-5H3/t9-,10+,12+,13+/m0/s1. The number of hydrogen-bond acceptors (Lipinski definition) is 7. The Morgan fingerprint density at radius 2 is 1.91 bits per heavy atom. The van der Waals surface area contributed by atoms with E-state index in [0.717, 1.165) is 0 Å². The maximum atomic E-state index is 11.3. The third-order valence-electron chi connectivity index (χ3n) is 3.83. The van der Waals surface area contributed by atoms with E-state index < -0.39 is 36.0 Å².